The molecule has 1 aliphatic carbocycles. The van der Waals surface area contributed by atoms with E-state index in [1.807, 2.05) is 20.8 Å². The fourth-order valence-corrected chi connectivity index (χ4v) is 5.24. The molecule has 0 bridgehead atoms. The van der Waals surface area contributed by atoms with Gasteiger partial charge in [-0.25, -0.2) is 0 Å². The van der Waals surface area contributed by atoms with Crippen LogP contribution in [0.2, 0.25) is 0 Å². The van der Waals surface area contributed by atoms with Gasteiger partial charge in [0, 0.05) is 17.9 Å². The Morgan fingerprint density at radius 2 is 2.16 bits per heavy atom. The van der Waals surface area contributed by atoms with Crippen molar-refractivity contribution < 1.29 is 24.5 Å². The van der Waals surface area contributed by atoms with Gasteiger partial charge in [0.1, 0.15) is 11.8 Å². The molecule has 0 aromatic carbocycles. The molecule has 0 aromatic heterocycles. The zero-order valence-corrected chi connectivity index (χ0v) is 15.3. The van der Waals surface area contributed by atoms with E-state index >= 15 is 0 Å². The molecule has 2 N–H and O–H groups in total. The molecule has 0 aromatic rings. The van der Waals surface area contributed by atoms with Gasteiger partial charge in [0.2, 0.25) is 11.7 Å². The fourth-order valence-electron chi connectivity index (χ4n) is 5.24. The number of hydrogen-bond donors (Lipinski definition) is 2. The van der Waals surface area contributed by atoms with Crippen molar-refractivity contribution in [3.8, 4) is 0 Å². The highest BCUT2D eigenvalue weighted by molar-refractivity contribution is 5.86. The number of aliphatic hydroxyl groups is 2. The van der Waals surface area contributed by atoms with Crippen molar-refractivity contribution in [2.24, 2.45) is 17.3 Å². The Labute approximate surface area is 148 Å². The molecule has 1 spiro atoms. The van der Waals surface area contributed by atoms with E-state index in [4.69, 9.17) is 9.47 Å². The lowest BCUT2D eigenvalue weighted by atomic mass is 9.68. The zero-order chi connectivity index (χ0) is 18.0. The Morgan fingerprint density at radius 3 is 2.76 bits per heavy atom. The summed E-state index contributed by atoms with van der Waals surface area (Å²) in [6, 6.07) is 0. The second-order valence-electron chi connectivity index (χ2n) is 8.98. The number of allylic oxidation sites excluding steroid dienone is 1. The zero-order valence-electron chi connectivity index (χ0n) is 15.3. The van der Waals surface area contributed by atoms with E-state index in [9.17, 15) is 15.0 Å². The molecule has 0 radical (unpaired) electrons. The van der Waals surface area contributed by atoms with Crippen molar-refractivity contribution in [1.82, 2.24) is 4.90 Å². The van der Waals surface area contributed by atoms with Crippen molar-refractivity contribution in [2.45, 2.75) is 70.1 Å². The third kappa shape index (κ3) is 2.08. The minimum Gasteiger partial charge on any atom is -0.396 e. The summed E-state index contributed by atoms with van der Waals surface area (Å²) < 4.78 is 12.1. The van der Waals surface area contributed by atoms with Gasteiger partial charge in [0.05, 0.1) is 18.6 Å². The van der Waals surface area contributed by atoms with Crippen LogP contribution in [0, 0.1) is 17.3 Å². The lowest BCUT2D eigenvalue weighted by molar-refractivity contribution is -0.402. The van der Waals surface area contributed by atoms with Crippen LogP contribution in [0.3, 0.4) is 0 Å². The molecule has 4 rings (SSSR count). The Hall–Kier alpha value is -0.950. The number of carbonyl (C=O) groups is 1. The van der Waals surface area contributed by atoms with Crippen molar-refractivity contribution in [3.63, 3.8) is 0 Å². The summed E-state index contributed by atoms with van der Waals surface area (Å²) in [5.74, 6) is -2.27. The predicted octanol–water partition coefficient (Wildman–Crippen LogP) is 1.41. The van der Waals surface area contributed by atoms with Crippen LogP contribution in [-0.2, 0) is 14.3 Å². The quantitative estimate of drug-likeness (QED) is 0.752. The molecule has 4 aliphatic rings. The number of rotatable bonds is 3. The van der Waals surface area contributed by atoms with Crippen molar-refractivity contribution in [1.29, 1.82) is 0 Å². The fraction of sp³-hybridized carbons (Fsp3) is 0.842. The SMILES string of the molecule is CC(C)(C)[C@@H]1OC[C@@]23[C@@H]([C@@H]4C=CCCC4)O[C@]2(O)[C@@H](CCO)C(=O)N13. The molecule has 140 valence electrons. The average Bonchev–Trinajstić information content (AvgIpc) is 3.05. The Balaban J connectivity index is 1.76. The van der Waals surface area contributed by atoms with E-state index in [0.717, 1.165) is 19.3 Å². The molecule has 3 fully saturated rings. The first-order valence-electron chi connectivity index (χ1n) is 9.40. The minimum absolute atomic E-state index is 0.152. The molecule has 0 saturated carbocycles. The van der Waals surface area contributed by atoms with E-state index in [-0.39, 0.29) is 43.0 Å². The smallest absolute Gasteiger partial charge is 0.234 e. The minimum atomic E-state index is -1.57. The highest BCUT2D eigenvalue weighted by Crippen LogP contribution is 2.63. The van der Waals surface area contributed by atoms with Gasteiger partial charge in [-0.15, -0.1) is 0 Å². The van der Waals surface area contributed by atoms with Gasteiger partial charge >= 0.3 is 0 Å². The third-order valence-electron chi connectivity index (χ3n) is 6.37. The van der Waals surface area contributed by atoms with Crippen LogP contribution >= 0.6 is 0 Å². The molecular weight excluding hydrogens is 322 g/mol. The van der Waals surface area contributed by atoms with E-state index < -0.39 is 23.5 Å². The molecule has 3 heterocycles. The maximum absolute atomic E-state index is 13.2. The summed E-state index contributed by atoms with van der Waals surface area (Å²) in [7, 11) is 0. The van der Waals surface area contributed by atoms with E-state index in [1.54, 1.807) is 4.90 Å². The predicted molar refractivity (Wildman–Crippen MR) is 90.3 cm³/mol. The van der Waals surface area contributed by atoms with Gasteiger partial charge in [-0.2, -0.15) is 0 Å². The number of carbonyl (C=O) groups excluding carboxylic acids is 1. The Bertz CT molecular complexity index is 599. The third-order valence-corrected chi connectivity index (χ3v) is 6.37. The first-order chi connectivity index (χ1) is 11.8. The highest BCUT2D eigenvalue weighted by Gasteiger charge is 2.84. The van der Waals surface area contributed by atoms with E-state index in [2.05, 4.69) is 12.2 Å². The van der Waals surface area contributed by atoms with Gasteiger partial charge < -0.3 is 19.7 Å². The molecular formula is C19H29NO5. The molecule has 3 aliphatic heterocycles. The maximum Gasteiger partial charge on any atom is 0.234 e. The topological polar surface area (TPSA) is 79.2 Å². The molecule has 25 heavy (non-hydrogen) atoms. The molecule has 0 unspecified atom stereocenters. The largest absolute Gasteiger partial charge is 0.396 e. The molecule has 6 nitrogen and oxygen atoms in total. The summed E-state index contributed by atoms with van der Waals surface area (Å²) in [5, 5.41) is 20.8. The number of ether oxygens (including phenoxy) is 2. The molecule has 1 amide bonds. The van der Waals surface area contributed by atoms with Gasteiger partial charge in [-0.3, -0.25) is 9.69 Å². The maximum atomic E-state index is 13.2. The van der Waals surface area contributed by atoms with Crippen LogP contribution < -0.4 is 0 Å². The van der Waals surface area contributed by atoms with Crippen LogP contribution in [0.5, 0.6) is 0 Å². The lowest BCUT2D eigenvalue weighted by Gasteiger charge is -2.60. The summed E-state index contributed by atoms with van der Waals surface area (Å²) in [6.07, 6.45) is 7.03. The first kappa shape index (κ1) is 17.5. The van der Waals surface area contributed by atoms with Crippen molar-refractivity contribution >= 4 is 5.91 Å². The van der Waals surface area contributed by atoms with Crippen LogP contribution in [0.4, 0.5) is 0 Å². The highest BCUT2D eigenvalue weighted by atomic mass is 16.7. The standard InChI is InChI=1S/C19H29NO5/c1-17(2,3)16-20-15(22)13(9-10-21)19(23)18(20,11-24-16)14(25-19)12-7-5-4-6-8-12/h5,7,12-14,16,21,23H,4,6,8-11H2,1-3H3/t12-,13+,14-,16+,18-,19-/m1/s1. The van der Waals surface area contributed by atoms with Crippen LogP contribution in [0.25, 0.3) is 0 Å². The molecule has 3 saturated heterocycles. The summed E-state index contributed by atoms with van der Waals surface area (Å²) in [6.45, 7) is 6.25. The second-order valence-corrected chi connectivity index (χ2v) is 8.98. The number of amides is 1. The first-order valence-corrected chi connectivity index (χ1v) is 9.40. The molecule has 6 atom stereocenters. The summed E-state index contributed by atoms with van der Waals surface area (Å²) >= 11 is 0. The van der Waals surface area contributed by atoms with Gasteiger partial charge in [-0.1, -0.05) is 32.9 Å². The average molecular weight is 351 g/mol. The van der Waals surface area contributed by atoms with E-state index in [0.29, 0.717) is 0 Å². The second kappa shape index (κ2) is 5.52. The van der Waals surface area contributed by atoms with Crippen molar-refractivity contribution in [3.05, 3.63) is 12.2 Å². The monoisotopic (exact) mass is 351 g/mol. The van der Waals surface area contributed by atoms with Gasteiger partial charge in [0.25, 0.3) is 0 Å². The normalized spacial score (nSPS) is 46.1. The van der Waals surface area contributed by atoms with Crippen LogP contribution in [-0.4, -0.2) is 57.9 Å². The Morgan fingerprint density at radius 1 is 1.40 bits per heavy atom. The summed E-state index contributed by atoms with van der Waals surface area (Å²) in [4.78, 5) is 15.0. The number of hydrogen-bond acceptors (Lipinski definition) is 5. The van der Waals surface area contributed by atoms with Crippen LogP contribution in [0.15, 0.2) is 12.2 Å². The van der Waals surface area contributed by atoms with Crippen LogP contribution in [0.1, 0.15) is 46.5 Å². The number of aliphatic hydroxyl groups excluding tert-OH is 1. The van der Waals surface area contributed by atoms with Gasteiger partial charge in [0.15, 0.2) is 0 Å². The number of nitrogens with zero attached hydrogens (tertiary/aromatic N) is 1. The van der Waals surface area contributed by atoms with Crippen molar-refractivity contribution in [2.75, 3.05) is 13.2 Å². The van der Waals surface area contributed by atoms with Gasteiger partial charge in [-0.05, 0) is 25.7 Å². The lowest BCUT2D eigenvalue weighted by Crippen LogP contribution is -2.79. The van der Waals surface area contributed by atoms with E-state index in [1.165, 1.54) is 0 Å². The Kier molecular flexibility index (Phi) is 3.86. The summed E-state index contributed by atoms with van der Waals surface area (Å²) in [5.41, 5.74) is -1.11. The molecule has 6 heteroatoms.